The quantitative estimate of drug-likeness (QED) is 0.165. The van der Waals surface area contributed by atoms with E-state index in [4.69, 9.17) is 6.42 Å². The van der Waals surface area contributed by atoms with E-state index >= 15 is 0 Å². The standard InChI is InChI=1S/C21H34O3/c1-3-4-14-17-20(22)18-15-12-10-8-6-5-7-9-11-13-16-19-21(23)24-2/h1,10,12H,4-9,11,13-19H2,2H3/b12-10+. The van der Waals surface area contributed by atoms with Crippen LogP contribution in [0, 0.1) is 12.3 Å². The van der Waals surface area contributed by atoms with Gasteiger partial charge < -0.3 is 4.74 Å². The van der Waals surface area contributed by atoms with E-state index in [0.29, 0.717) is 31.5 Å². The number of hydrogen-bond donors (Lipinski definition) is 0. The van der Waals surface area contributed by atoms with Crippen LogP contribution in [0.3, 0.4) is 0 Å². The highest BCUT2D eigenvalue weighted by Crippen LogP contribution is 2.10. The monoisotopic (exact) mass is 334 g/mol. The van der Waals surface area contributed by atoms with E-state index in [9.17, 15) is 9.59 Å². The zero-order valence-electron chi connectivity index (χ0n) is 15.4. The largest absolute Gasteiger partial charge is 0.469 e. The summed E-state index contributed by atoms with van der Waals surface area (Å²) < 4.78 is 4.61. The Morgan fingerprint density at radius 2 is 1.46 bits per heavy atom. The first-order chi connectivity index (χ1) is 11.7. The van der Waals surface area contributed by atoms with E-state index < -0.39 is 0 Å². The van der Waals surface area contributed by atoms with Gasteiger partial charge in [-0.3, -0.25) is 9.59 Å². The number of terminal acetylenes is 1. The molecule has 0 aromatic rings. The maximum Gasteiger partial charge on any atom is 0.305 e. The minimum atomic E-state index is -0.101. The Hall–Kier alpha value is -1.56. The molecule has 0 rings (SSSR count). The van der Waals surface area contributed by atoms with Crippen LogP contribution in [0.5, 0.6) is 0 Å². The van der Waals surface area contributed by atoms with Crippen LogP contribution >= 0.6 is 0 Å². The number of ketones is 1. The molecule has 0 aromatic carbocycles. The molecular weight excluding hydrogens is 300 g/mol. The topological polar surface area (TPSA) is 43.4 Å². The summed E-state index contributed by atoms with van der Waals surface area (Å²) in [6.45, 7) is 0. The third-order valence-electron chi connectivity index (χ3n) is 4.01. The van der Waals surface area contributed by atoms with Crippen LogP contribution in [-0.4, -0.2) is 18.9 Å². The van der Waals surface area contributed by atoms with E-state index in [1.54, 1.807) is 0 Å². The molecule has 0 aliphatic heterocycles. The Morgan fingerprint density at radius 3 is 2.12 bits per heavy atom. The number of ether oxygens (including phenoxy) is 1. The van der Waals surface area contributed by atoms with Crippen LogP contribution in [0.2, 0.25) is 0 Å². The molecule has 0 saturated carbocycles. The zero-order chi connectivity index (χ0) is 17.9. The Balaban J connectivity index is 3.25. The second-order valence-corrected chi connectivity index (χ2v) is 6.20. The number of hydrogen-bond acceptors (Lipinski definition) is 3. The van der Waals surface area contributed by atoms with Crippen molar-refractivity contribution < 1.29 is 14.3 Å². The predicted octanol–water partition coefficient (Wildman–Crippen LogP) is 5.38. The second-order valence-electron chi connectivity index (χ2n) is 6.20. The summed E-state index contributed by atoms with van der Waals surface area (Å²) in [7, 11) is 1.44. The minimum absolute atomic E-state index is 0.101. The number of unbranched alkanes of at least 4 members (excludes halogenated alkanes) is 8. The third kappa shape index (κ3) is 16.8. The van der Waals surface area contributed by atoms with Crippen molar-refractivity contribution in [3.8, 4) is 12.3 Å². The molecule has 0 N–H and O–H groups in total. The molecule has 3 heteroatoms. The van der Waals surface area contributed by atoms with Crippen LogP contribution < -0.4 is 0 Å². The summed E-state index contributed by atoms with van der Waals surface area (Å²) in [5, 5.41) is 0. The highest BCUT2D eigenvalue weighted by Gasteiger charge is 2.00. The minimum Gasteiger partial charge on any atom is -0.469 e. The Labute approximate surface area is 148 Å². The molecule has 3 nitrogen and oxygen atoms in total. The maximum atomic E-state index is 11.5. The number of carbonyl (C=O) groups is 2. The highest BCUT2D eigenvalue weighted by atomic mass is 16.5. The number of Topliss-reactive ketones (excluding diaryl/α,β-unsaturated/α-hetero) is 1. The molecule has 0 aliphatic rings. The summed E-state index contributed by atoms with van der Waals surface area (Å²) in [6, 6.07) is 0. The SMILES string of the molecule is C#CCCCC(=O)CC/C=C/CCCCCCCCCC(=O)OC. The number of esters is 1. The number of methoxy groups -OCH3 is 1. The van der Waals surface area contributed by atoms with Gasteiger partial charge in [0, 0.05) is 25.7 Å². The lowest BCUT2D eigenvalue weighted by molar-refractivity contribution is -0.140. The fourth-order valence-corrected chi connectivity index (χ4v) is 2.51. The van der Waals surface area contributed by atoms with Crippen molar-refractivity contribution in [1.29, 1.82) is 0 Å². The molecule has 0 aromatic heterocycles. The van der Waals surface area contributed by atoms with Crippen molar-refractivity contribution >= 4 is 11.8 Å². The number of rotatable bonds is 16. The van der Waals surface area contributed by atoms with Gasteiger partial charge >= 0.3 is 5.97 Å². The summed E-state index contributed by atoms with van der Waals surface area (Å²) in [6.07, 6.45) is 23.0. The van der Waals surface area contributed by atoms with Gasteiger partial charge in [-0.25, -0.2) is 0 Å². The Morgan fingerprint density at radius 1 is 0.833 bits per heavy atom. The molecule has 0 amide bonds. The third-order valence-corrected chi connectivity index (χ3v) is 4.01. The van der Waals surface area contributed by atoms with Gasteiger partial charge in [0.1, 0.15) is 5.78 Å². The fraction of sp³-hybridized carbons (Fsp3) is 0.714. The average Bonchev–Trinajstić information content (AvgIpc) is 2.58. The predicted molar refractivity (Wildman–Crippen MR) is 99.6 cm³/mol. The van der Waals surface area contributed by atoms with Gasteiger partial charge in [0.15, 0.2) is 0 Å². The number of carbonyl (C=O) groups excluding carboxylic acids is 2. The van der Waals surface area contributed by atoms with Gasteiger partial charge in [-0.05, 0) is 32.1 Å². The second kappa shape index (κ2) is 17.8. The lowest BCUT2D eigenvalue weighted by Crippen LogP contribution is -1.99. The molecule has 0 saturated heterocycles. The molecule has 0 fully saturated rings. The van der Waals surface area contributed by atoms with Crippen LogP contribution in [0.25, 0.3) is 0 Å². The van der Waals surface area contributed by atoms with Gasteiger partial charge in [0.25, 0.3) is 0 Å². The van der Waals surface area contributed by atoms with Crippen molar-refractivity contribution in [2.45, 2.75) is 89.9 Å². The summed E-state index contributed by atoms with van der Waals surface area (Å²) >= 11 is 0. The van der Waals surface area contributed by atoms with Gasteiger partial charge in [0.2, 0.25) is 0 Å². The molecule has 0 unspecified atom stereocenters. The molecule has 136 valence electrons. The van der Waals surface area contributed by atoms with E-state index in [2.05, 4.69) is 22.8 Å². The highest BCUT2D eigenvalue weighted by molar-refractivity contribution is 5.78. The Kier molecular flexibility index (Phi) is 16.6. The van der Waals surface area contributed by atoms with E-state index in [-0.39, 0.29) is 5.97 Å². The molecule has 0 bridgehead atoms. The average molecular weight is 335 g/mol. The smallest absolute Gasteiger partial charge is 0.305 e. The van der Waals surface area contributed by atoms with Gasteiger partial charge in [0.05, 0.1) is 7.11 Å². The molecule has 0 atom stereocenters. The van der Waals surface area contributed by atoms with Crippen LogP contribution in [0.4, 0.5) is 0 Å². The van der Waals surface area contributed by atoms with Crippen molar-refractivity contribution in [1.82, 2.24) is 0 Å². The van der Waals surface area contributed by atoms with Crippen molar-refractivity contribution in [2.75, 3.05) is 7.11 Å². The van der Waals surface area contributed by atoms with Gasteiger partial charge in [-0.15, -0.1) is 12.3 Å². The van der Waals surface area contributed by atoms with Crippen LogP contribution in [0.15, 0.2) is 12.2 Å². The zero-order valence-corrected chi connectivity index (χ0v) is 15.4. The molecule has 24 heavy (non-hydrogen) atoms. The van der Waals surface area contributed by atoms with Crippen LogP contribution in [0.1, 0.15) is 89.9 Å². The lowest BCUT2D eigenvalue weighted by Gasteiger charge is -2.01. The van der Waals surface area contributed by atoms with E-state index in [1.807, 2.05) is 0 Å². The Bertz CT molecular complexity index is 390. The number of allylic oxidation sites excluding steroid dienone is 2. The molecule has 0 heterocycles. The molecule has 0 spiro atoms. The van der Waals surface area contributed by atoms with Crippen molar-refractivity contribution in [3.63, 3.8) is 0 Å². The summed E-state index contributed by atoms with van der Waals surface area (Å²) in [4.78, 5) is 22.5. The first kappa shape index (κ1) is 22.4. The van der Waals surface area contributed by atoms with E-state index in [1.165, 1.54) is 39.2 Å². The maximum absolute atomic E-state index is 11.5. The van der Waals surface area contributed by atoms with Gasteiger partial charge in [-0.2, -0.15) is 0 Å². The summed E-state index contributed by atoms with van der Waals surface area (Å²) in [5.41, 5.74) is 0. The van der Waals surface area contributed by atoms with Crippen molar-refractivity contribution in [2.24, 2.45) is 0 Å². The van der Waals surface area contributed by atoms with Gasteiger partial charge in [-0.1, -0.05) is 44.3 Å². The summed E-state index contributed by atoms with van der Waals surface area (Å²) in [5.74, 6) is 2.78. The lowest BCUT2D eigenvalue weighted by atomic mass is 10.1. The van der Waals surface area contributed by atoms with Crippen molar-refractivity contribution in [3.05, 3.63) is 12.2 Å². The van der Waals surface area contributed by atoms with Crippen LogP contribution in [-0.2, 0) is 14.3 Å². The van der Waals surface area contributed by atoms with E-state index in [0.717, 1.165) is 32.1 Å². The molecule has 0 aliphatic carbocycles. The molecule has 0 radical (unpaired) electrons. The normalized spacial score (nSPS) is 10.7. The first-order valence-electron chi connectivity index (χ1n) is 9.37. The molecular formula is C21H34O3. The fourth-order valence-electron chi connectivity index (χ4n) is 2.51. The first-order valence-corrected chi connectivity index (χ1v) is 9.37.